The molecule has 284 valence electrons. The van der Waals surface area contributed by atoms with Gasteiger partial charge in [0.25, 0.3) is 0 Å². The smallest absolute Gasteiger partial charge is 0.0644 e. The van der Waals surface area contributed by atoms with E-state index in [1.54, 1.807) is 31.3 Å². The highest BCUT2D eigenvalue weighted by Gasteiger charge is 2.66. The highest BCUT2D eigenvalue weighted by Crippen LogP contribution is 2.74. The van der Waals surface area contributed by atoms with Gasteiger partial charge < -0.3 is 19.1 Å². The van der Waals surface area contributed by atoms with Crippen LogP contribution in [0.25, 0.3) is 0 Å². The van der Waals surface area contributed by atoms with E-state index in [-0.39, 0.29) is 0 Å². The molecule has 0 saturated heterocycles. The first-order valence-corrected chi connectivity index (χ1v) is 21.9. The first kappa shape index (κ1) is 39.8. The molecular formula is C45H81NO3. The summed E-state index contributed by atoms with van der Waals surface area (Å²) in [6, 6.07) is 0.352. The second-order valence-corrected chi connectivity index (χ2v) is 18.7. The lowest BCUT2D eigenvalue weighted by molar-refractivity contribution is -0.133. The van der Waals surface area contributed by atoms with Crippen molar-refractivity contribution in [1.82, 2.24) is 4.90 Å². The fraction of sp³-hybridized carbons (Fsp3) is 0.956. The van der Waals surface area contributed by atoms with Crippen molar-refractivity contribution in [1.29, 1.82) is 0 Å². The Kier molecular flexibility index (Phi) is 15.9. The number of hydrogen-bond donors (Lipinski definition) is 0. The number of likely N-dealkylation sites (N-methyl/N-ethyl adjacent to an activating group) is 1. The van der Waals surface area contributed by atoms with Gasteiger partial charge in [-0.1, -0.05) is 104 Å². The van der Waals surface area contributed by atoms with Gasteiger partial charge in [-0.25, -0.2) is 0 Å². The molecule has 1 spiro atoms. The lowest BCUT2D eigenvalue weighted by atomic mass is 9.41. The molecule has 5 rings (SSSR count). The van der Waals surface area contributed by atoms with Gasteiger partial charge >= 0.3 is 0 Å². The van der Waals surface area contributed by atoms with Crippen molar-refractivity contribution in [2.24, 2.45) is 46.3 Å². The van der Waals surface area contributed by atoms with Crippen LogP contribution in [0.5, 0.6) is 0 Å². The number of rotatable bonds is 24. The van der Waals surface area contributed by atoms with E-state index in [9.17, 15) is 0 Å². The third-order valence-electron chi connectivity index (χ3n) is 14.9. The molecule has 0 amide bonds. The Labute approximate surface area is 304 Å². The Morgan fingerprint density at radius 2 is 1.45 bits per heavy atom. The monoisotopic (exact) mass is 684 g/mol. The SMILES string of the molecule is CCCCCCCOC[C@H](COCCCCCCCO[C@H]1CCC2(C)C(=CCC3C2CCC24CC(CCCC(C)C)C2CC[C@@H]34)C1)N(C)C. The predicted molar refractivity (Wildman–Crippen MR) is 207 cm³/mol. The second-order valence-electron chi connectivity index (χ2n) is 18.7. The van der Waals surface area contributed by atoms with Gasteiger partial charge in [-0.05, 0) is 137 Å². The zero-order valence-corrected chi connectivity index (χ0v) is 33.5. The molecule has 5 aliphatic carbocycles. The molecule has 0 bridgehead atoms. The van der Waals surface area contributed by atoms with Crippen molar-refractivity contribution in [2.75, 3.05) is 47.1 Å². The normalized spacial score (nSPS) is 34.2. The Morgan fingerprint density at radius 1 is 0.776 bits per heavy atom. The molecule has 0 aliphatic heterocycles. The van der Waals surface area contributed by atoms with Crippen LogP contribution in [0, 0.1) is 46.3 Å². The fourth-order valence-corrected chi connectivity index (χ4v) is 12.0. The van der Waals surface area contributed by atoms with Gasteiger partial charge in [0, 0.05) is 19.8 Å². The highest BCUT2D eigenvalue weighted by molar-refractivity contribution is 5.26. The minimum Gasteiger partial charge on any atom is -0.380 e. The van der Waals surface area contributed by atoms with Crippen molar-refractivity contribution in [3.63, 3.8) is 0 Å². The van der Waals surface area contributed by atoms with E-state index in [4.69, 9.17) is 14.2 Å². The van der Waals surface area contributed by atoms with E-state index >= 15 is 0 Å². The average Bonchev–Trinajstić information content (AvgIpc) is 3.37. The van der Waals surface area contributed by atoms with E-state index in [1.165, 1.54) is 116 Å². The highest BCUT2D eigenvalue weighted by atomic mass is 16.5. The first-order chi connectivity index (χ1) is 23.8. The first-order valence-electron chi connectivity index (χ1n) is 21.9. The van der Waals surface area contributed by atoms with E-state index in [0.717, 1.165) is 74.0 Å². The second kappa shape index (κ2) is 19.6. The lowest BCUT2D eigenvalue weighted by Crippen LogP contribution is -2.56. The Bertz CT molecular complexity index is 978. The number of unbranched alkanes of at least 4 members (excludes halogenated alkanes) is 8. The van der Waals surface area contributed by atoms with Gasteiger partial charge in [0.15, 0.2) is 0 Å². The fourth-order valence-electron chi connectivity index (χ4n) is 12.0. The molecule has 0 aromatic carbocycles. The van der Waals surface area contributed by atoms with Crippen LogP contribution in [0.3, 0.4) is 0 Å². The van der Waals surface area contributed by atoms with E-state index in [0.29, 0.717) is 17.6 Å². The summed E-state index contributed by atoms with van der Waals surface area (Å²) < 4.78 is 18.6. The lowest BCUT2D eigenvalue weighted by Gasteiger charge is -2.64. The van der Waals surface area contributed by atoms with Gasteiger partial charge in [0.05, 0.1) is 25.4 Å². The Balaban J connectivity index is 0.915. The maximum absolute atomic E-state index is 6.56. The largest absolute Gasteiger partial charge is 0.380 e. The van der Waals surface area contributed by atoms with Gasteiger partial charge in [0.1, 0.15) is 0 Å². The average molecular weight is 684 g/mol. The molecule has 0 radical (unpaired) electrons. The number of allylic oxidation sites excluding steroid dienone is 1. The number of ether oxygens (including phenoxy) is 3. The zero-order chi connectivity index (χ0) is 34.7. The van der Waals surface area contributed by atoms with Crippen LogP contribution in [-0.2, 0) is 14.2 Å². The molecule has 0 N–H and O–H groups in total. The van der Waals surface area contributed by atoms with Gasteiger partial charge in [-0.15, -0.1) is 0 Å². The minimum atomic E-state index is 0.352. The summed E-state index contributed by atoms with van der Waals surface area (Å²) >= 11 is 0. The third-order valence-corrected chi connectivity index (χ3v) is 14.9. The Morgan fingerprint density at radius 3 is 2.14 bits per heavy atom. The third kappa shape index (κ3) is 10.2. The molecule has 0 heterocycles. The van der Waals surface area contributed by atoms with Crippen LogP contribution in [0.2, 0.25) is 0 Å². The van der Waals surface area contributed by atoms with Crippen molar-refractivity contribution >= 4 is 0 Å². The van der Waals surface area contributed by atoms with Crippen molar-refractivity contribution in [2.45, 2.75) is 181 Å². The molecule has 5 aliphatic rings. The summed E-state index contributed by atoms with van der Waals surface area (Å²) in [6.07, 6.45) is 33.4. The van der Waals surface area contributed by atoms with Crippen molar-refractivity contribution in [3.05, 3.63) is 11.6 Å². The molecule has 4 fully saturated rings. The van der Waals surface area contributed by atoms with Gasteiger partial charge in [-0.3, -0.25) is 0 Å². The van der Waals surface area contributed by atoms with Crippen LogP contribution < -0.4 is 0 Å². The van der Waals surface area contributed by atoms with Crippen LogP contribution >= 0.6 is 0 Å². The molecule has 6 unspecified atom stereocenters. The molecule has 4 heteroatoms. The quantitative estimate of drug-likeness (QED) is 0.0748. The molecule has 9 atom stereocenters. The summed E-state index contributed by atoms with van der Waals surface area (Å²) in [5, 5.41) is 0. The van der Waals surface area contributed by atoms with Crippen LogP contribution in [0.4, 0.5) is 0 Å². The summed E-state index contributed by atoms with van der Waals surface area (Å²) in [5.74, 6) is 5.99. The summed E-state index contributed by atoms with van der Waals surface area (Å²) in [7, 11) is 4.28. The predicted octanol–water partition coefficient (Wildman–Crippen LogP) is 11.7. The van der Waals surface area contributed by atoms with Crippen LogP contribution in [0.1, 0.15) is 169 Å². The molecule has 0 aromatic heterocycles. The summed E-state index contributed by atoms with van der Waals surface area (Å²) in [6.45, 7) is 14.0. The molecule has 0 aromatic rings. The molecule has 49 heavy (non-hydrogen) atoms. The van der Waals surface area contributed by atoms with E-state index < -0.39 is 0 Å². The summed E-state index contributed by atoms with van der Waals surface area (Å²) in [4.78, 5) is 2.25. The maximum Gasteiger partial charge on any atom is 0.0644 e. The van der Waals surface area contributed by atoms with E-state index in [1.807, 2.05) is 0 Å². The number of fused-ring (bicyclic) bond motifs is 4. The van der Waals surface area contributed by atoms with Crippen molar-refractivity contribution < 1.29 is 14.2 Å². The van der Waals surface area contributed by atoms with E-state index in [2.05, 4.69) is 52.8 Å². The molecular weight excluding hydrogens is 602 g/mol. The number of hydrogen-bond acceptors (Lipinski definition) is 4. The molecule has 4 saturated carbocycles. The van der Waals surface area contributed by atoms with Crippen LogP contribution in [0.15, 0.2) is 11.6 Å². The maximum atomic E-state index is 6.56. The van der Waals surface area contributed by atoms with Gasteiger partial charge in [0.2, 0.25) is 0 Å². The van der Waals surface area contributed by atoms with Crippen LogP contribution in [-0.4, -0.2) is 64.2 Å². The summed E-state index contributed by atoms with van der Waals surface area (Å²) in [5.41, 5.74) is 3.01. The topological polar surface area (TPSA) is 30.9 Å². The zero-order valence-electron chi connectivity index (χ0n) is 33.5. The minimum absolute atomic E-state index is 0.352. The van der Waals surface area contributed by atoms with Crippen molar-refractivity contribution in [3.8, 4) is 0 Å². The molecule has 4 nitrogen and oxygen atoms in total. The standard InChI is InChI=1S/C45H81NO3/c1-7-8-9-11-14-28-47-33-38(46(5)6)34-48-29-15-12-10-13-16-30-49-39-24-26-44(4)37(31-39)20-21-40-42(44)25-27-45-32-36(19-17-18-35(2)3)41(45)22-23-43(40)45/h20,35-36,38-43H,7-19,21-34H2,1-6H3/t36?,38-,39+,40?,41?,42?,43+,44?,45?/m1/s1. The van der Waals surface area contributed by atoms with Gasteiger partial charge in [-0.2, -0.15) is 0 Å². The number of nitrogens with zero attached hydrogens (tertiary/aromatic N) is 1. The Hall–Kier alpha value is -0.420.